The summed E-state index contributed by atoms with van der Waals surface area (Å²) < 4.78 is 6.55. The van der Waals surface area contributed by atoms with Crippen molar-refractivity contribution in [3.63, 3.8) is 0 Å². The van der Waals surface area contributed by atoms with Crippen LogP contribution < -0.4 is 0 Å². The second-order valence-corrected chi connectivity index (χ2v) is 9.78. The molecular weight excluding hydrogens is 308 g/mol. The third-order valence-electron chi connectivity index (χ3n) is 9.43. The molecule has 1 heterocycles. The van der Waals surface area contributed by atoms with Gasteiger partial charge in [-0.2, -0.15) is 0 Å². The molecule has 0 aromatic carbocycles. The molecule has 5 aliphatic carbocycles. The first kappa shape index (κ1) is 15.2. The maximum atomic E-state index is 11.9. The van der Waals surface area contributed by atoms with E-state index in [4.69, 9.17) is 4.74 Å². The summed E-state index contributed by atoms with van der Waals surface area (Å²) in [6, 6.07) is 0. The first-order valence-electron chi connectivity index (χ1n) is 10.7. The summed E-state index contributed by atoms with van der Waals surface area (Å²) in [4.78, 5) is 11.9. The number of hydrogen-bond donors (Lipinski definition) is 0. The van der Waals surface area contributed by atoms with Gasteiger partial charge in [-0.15, -0.1) is 0 Å². The van der Waals surface area contributed by atoms with Gasteiger partial charge >= 0.3 is 0 Å². The fraction of sp³-hybridized carbons (Fsp3) is 0.783. The average molecular weight is 338 g/mol. The molecule has 1 spiro atoms. The fourth-order valence-electron chi connectivity index (χ4n) is 8.67. The highest BCUT2D eigenvalue weighted by Gasteiger charge is 2.77. The quantitative estimate of drug-likeness (QED) is 0.648. The van der Waals surface area contributed by atoms with Gasteiger partial charge in [0.15, 0.2) is 5.78 Å². The van der Waals surface area contributed by atoms with Crippen LogP contribution in [-0.2, 0) is 9.53 Å². The highest BCUT2D eigenvalue weighted by Crippen LogP contribution is 2.78. The minimum absolute atomic E-state index is 0.0840. The summed E-state index contributed by atoms with van der Waals surface area (Å²) in [6.07, 6.45) is 16.7. The number of rotatable bonds is 1. The van der Waals surface area contributed by atoms with Gasteiger partial charge in [-0.05, 0) is 86.5 Å². The van der Waals surface area contributed by atoms with E-state index in [1.807, 2.05) is 6.08 Å². The number of allylic oxidation sites excluding steroid dienone is 1. The van der Waals surface area contributed by atoms with Crippen LogP contribution in [0.4, 0.5) is 0 Å². The summed E-state index contributed by atoms with van der Waals surface area (Å²) in [6.45, 7) is 3.27. The molecule has 0 N–H and O–H groups in total. The Hall–Kier alpha value is -0.890. The third kappa shape index (κ3) is 1.69. The van der Waals surface area contributed by atoms with E-state index in [-0.39, 0.29) is 5.60 Å². The molecule has 0 bridgehead atoms. The second-order valence-electron chi connectivity index (χ2n) is 9.78. The number of ether oxygens (including phenoxy) is 1. The maximum absolute atomic E-state index is 11.9. The normalized spacial score (nSPS) is 55.4. The van der Waals surface area contributed by atoms with Gasteiger partial charge in [0.25, 0.3) is 0 Å². The van der Waals surface area contributed by atoms with Crippen LogP contribution in [0.25, 0.3) is 0 Å². The van der Waals surface area contributed by atoms with E-state index < -0.39 is 0 Å². The van der Waals surface area contributed by atoms with Crippen molar-refractivity contribution in [3.8, 4) is 0 Å². The van der Waals surface area contributed by atoms with Crippen LogP contribution in [0.3, 0.4) is 0 Å². The van der Waals surface area contributed by atoms with Crippen LogP contribution in [0.15, 0.2) is 23.8 Å². The van der Waals surface area contributed by atoms with Crippen molar-refractivity contribution in [2.24, 2.45) is 40.9 Å². The number of fused-ring (bicyclic) bond motifs is 9. The largest absolute Gasteiger partial charge is 0.366 e. The zero-order valence-electron chi connectivity index (χ0n) is 15.4. The van der Waals surface area contributed by atoms with Crippen molar-refractivity contribution < 1.29 is 9.53 Å². The molecule has 6 rings (SSSR count). The van der Waals surface area contributed by atoms with E-state index in [1.165, 1.54) is 44.1 Å². The highest BCUT2D eigenvalue weighted by atomic mass is 16.5. The first-order chi connectivity index (χ1) is 12.2. The average Bonchev–Trinajstić information content (AvgIpc) is 3.20. The van der Waals surface area contributed by atoms with Gasteiger partial charge in [0.05, 0.1) is 12.2 Å². The van der Waals surface area contributed by atoms with Gasteiger partial charge in [0.1, 0.15) is 0 Å². The van der Waals surface area contributed by atoms with Gasteiger partial charge in [0.2, 0.25) is 0 Å². The Balaban J connectivity index is 1.40. The molecule has 0 saturated heterocycles. The molecule has 0 amide bonds. The van der Waals surface area contributed by atoms with Crippen LogP contribution >= 0.6 is 0 Å². The van der Waals surface area contributed by atoms with E-state index >= 15 is 0 Å². The standard InChI is InChI=1S/C23H30O2/c1-2-22-10-8-17-16-7-5-15(24)12-14(16)4-6-18(17)21(22)19-13-20(19)23(22)9-3-11-25-23/h3,9,12,16-21H,2,4-8,10-11,13H2,1H3/t16-,17?,18?,19+,20-,21?,22-,23-/m0/s1. The van der Waals surface area contributed by atoms with Crippen molar-refractivity contribution in [2.45, 2.75) is 63.9 Å². The Bertz CT molecular complexity index is 690. The summed E-state index contributed by atoms with van der Waals surface area (Å²) >= 11 is 0. The summed E-state index contributed by atoms with van der Waals surface area (Å²) in [5.74, 6) is 5.44. The minimum atomic E-state index is 0.0840. The van der Waals surface area contributed by atoms with Crippen molar-refractivity contribution >= 4 is 5.78 Å². The molecule has 4 saturated carbocycles. The van der Waals surface area contributed by atoms with Crippen molar-refractivity contribution in [3.05, 3.63) is 23.8 Å². The van der Waals surface area contributed by atoms with Crippen LogP contribution in [-0.4, -0.2) is 18.0 Å². The van der Waals surface area contributed by atoms with E-state index in [2.05, 4.69) is 19.1 Å². The number of carbonyl (C=O) groups excluding carboxylic acids is 1. The van der Waals surface area contributed by atoms with Gasteiger partial charge in [0, 0.05) is 11.8 Å². The van der Waals surface area contributed by atoms with Crippen LogP contribution in [0, 0.1) is 40.9 Å². The summed E-state index contributed by atoms with van der Waals surface area (Å²) in [7, 11) is 0. The Morgan fingerprint density at radius 1 is 1.16 bits per heavy atom. The lowest BCUT2D eigenvalue weighted by atomic mass is 9.48. The Labute approximate surface area is 151 Å². The van der Waals surface area contributed by atoms with Crippen molar-refractivity contribution in [1.29, 1.82) is 0 Å². The molecule has 25 heavy (non-hydrogen) atoms. The monoisotopic (exact) mass is 338 g/mol. The predicted octanol–water partition coefficient (Wildman–Crippen LogP) is 4.70. The SMILES string of the molecule is CC[C@]12CCC3C(CCC4=CC(=O)CC[C@@H]43)C1[C@@H]1C[C@@H]1[C@@]21C=CCO1. The second kappa shape index (κ2) is 4.88. The van der Waals surface area contributed by atoms with Crippen LogP contribution in [0.2, 0.25) is 0 Å². The van der Waals surface area contributed by atoms with Crippen molar-refractivity contribution in [1.82, 2.24) is 0 Å². The number of hydrogen-bond acceptors (Lipinski definition) is 2. The van der Waals surface area contributed by atoms with Crippen molar-refractivity contribution in [2.75, 3.05) is 6.61 Å². The van der Waals surface area contributed by atoms with Gasteiger partial charge in [-0.25, -0.2) is 0 Å². The predicted molar refractivity (Wildman–Crippen MR) is 96.9 cm³/mol. The van der Waals surface area contributed by atoms with Gasteiger partial charge in [-0.3, -0.25) is 4.79 Å². The van der Waals surface area contributed by atoms with Gasteiger partial charge < -0.3 is 4.74 Å². The summed E-state index contributed by atoms with van der Waals surface area (Å²) in [5, 5.41) is 0. The number of carbonyl (C=O) groups is 1. The molecule has 6 aliphatic rings. The Morgan fingerprint density at radius 2 is 2.08 bits per heavy atom. The lowest BCUT2D eigenvalue weighted by Gasteiger charge is -2.58. The smallest absolute Gasteiger partial charge is 0.155 e. The van der Waals surface area contributed by atoms with E-state index in [0.29, 0.717) is 11.2 Å². The van der Waals surface area contributed by atoms with E-state index in [9.17, 15) is 4.79 Å². The first-order valence-corrected chi connectivity index (χ1v) is 10.7. The molecule has 0 aromatic rings. The molecule has 2 nitrogen and oxygen atoms in total. The molecular formula is C23H30O2. The van der Waals surface area contributed by atoms with Crippen LogP contribution in [0.5, 0.6) is 0 Å². The fourth-order valence-corrected chi connectivity index (χ4v) is 8.67. The molecule has 0 radical (unpaired) electrons. The molecule has 1 aliphatic heterocycles. The molecule has 4 fully saturated rings. The maximum Gasteiger partial charge on any atom is 0.155 e. The lowest BCUT2D eigenvalue weighted by Crippen LogP contribution is -2.56. The third-order valence-corrected chi connectivity index (χ3v) is 9.43. The molecule has 2 heteroatoms. The Morgan fingerprint density at radius 3 is 2.88 bits per heavy atom. The number of ketones is 1. The molecule has 134 valence electrons. The lowest BCUT2D eigenvalue weighted by molar-refractivity contribution is -0.143. The van der Waals surface area contributed by atoms with E-state index in [0.717, 1.165) is 55.0 Å². The zero-order chi connectivity index (χ0) is 16.8. The molecule has 0 aromatic heterocycles. The van der Waals surface area contributed by atoms with E-state index in [1.54, 1.807) is 0 Å². The topological polar surface area (TPSA) is 26.3 Å². The summed E-state index contributed by atoms with van der Waals surface area (Å²) in [5.41, 5.74) is 2.00. The molecule has 3 unspecified atom stereocenters. The zero-order valence-corrected chi connectivity index (χ0v) is 15.4. The van der Waals surface area contributed by atoms with Crippen LogP contribution in [0.1, 0.15) is 58.3 Å². The molecule has 8 atom stereocenters. The minimum Gasteiger partial charge on any atom is -0.366 e. The highest BCUT2D eigenvalue weighted by molar-refractivity contribution is 5.91. The van der Waals surface area contributed by atoms with Gasteiger partial charge in [-0.1, -0.05) is 24.6 Å². The Kier molecular flexibility index (Phi) is 2.97.